The third kappa shape index (κ3) is 4.56. The van der Waals surface area contributed by atoms with Gasteiger partial charge >= 0.3 is 0 Å². The van der Waals surface area contributed by atoms with Crippen molar-refractivity contribution in [2.45, 2.75) is 24.3 Å². The highest BCUT2D eigenvalue weighted by Crippen LogP contribution is 2.31. The fourth-order valence-corrected chi connectivity index (χ4v) is 4.29. The molecule has 148 valence electrons. The summed E-state index contributed by atoms with van der Waals surface area (Å²) in [7, 11) is -3.90. The van der Waals surface area contributed by atoms with Crippen LogP contribution in [0.15, 0.2) is 59.8 Å². The number of rotatable bonds is 6. The summed E-state index contributed by atoms with van der Waals surface area (Å²) in [6, 6.07) is 12.0. The summed E-state index contributed by atoms with van der Waals surface area (Å²) < 4.78 is 42.8. The van der Waals surface area contributed by atoms with E-state index in [9.17, 15) is 12.8 Å². The number of benzene rings is 2. The number of hydrogen-bond acceptors (Lipinski definition) is 6. The highest BCUT2D eigenvalue weighted by molar-refractivity contribution is 7.89. The van der Waals surface area contributed by atoms with Crippen LogP contribution in [0.2, 0.25) is 0 Å². The first-order chi connectivity index (χ1) is 13.8. The van der Waals surface area contributed by atoms with Gasteiger partial charge in [-0.15, -0.1) is 0 Å². The first kappa shape index (κ1) is 20.4. The van der Waals surface area contributed by atoms with Crippen LogP contribution < -0.4 is 10.5 Å². The van der Waals surface area contributed by atoms with Gasteiger partial charge in [0.2, 0.25) is 10.0 Å². The molecule has 0 saturated carbocycles. The lowest BCUT2D eigenvalue weighted by Gasteiger charge is -2.15. The Balaban J connectivity index is 2.01. The van der Waals surface area contributed by atoms with E-state index in [0.717, 1.165) is 0 Å². The minimum Gasteiger partial charge on any atom is -0.382 e. The molecule has 0 unspecified atom stereocenters. The maximum atomic E-state index is 14.8. The molecule has 0 fully saturated rings. The third-order valence-corrected chi connectivity index (χ3v) is 5.81. The number of sulfonamides is 1. The lowest BCUT2D eigenvalue weighted by atomic mass is 10.0. The Morgan fingerprint density at radius 1 is 1.17 bits per heavy atom. The number of nitrogen functional groups attached to an aromatic ring is 1. The average molecular weight is 411 g/mol. The van der Waals surface area contributed by atoms with E-state index >= 15 is 0 Å². The van der Waals surface area contributed by atoms with Crippen molar-refractivity contribution in [3.8, 4) is 28.5 Å². The van der Waals surface area contributed by atoms with Crippen LogP contribution in [0.25, 0.3) is 22.4 Å². The molecule has 0 spiro atoms. The van der Waals surface area contributed by atoms with Gasteiger partial charge in [-0.2, -0.15) is 5.26 Å². The van der Waals surface area contributed by atoms with Crippen LogP contribution >= 0.6 is 0 Å². The van der Waals surface area contributed by atoms with E-state index in [1.165, 1.54) is 30.6 Å². The summed E-state index contributed by atoms with van der Waals surface area (Å²) in [6.45, 7) is 1.60. The molecule has 1 aromatic heterocycles. The molecule has 0 aliphatic heterocycles. The van der Waals surface area contributed by atoms with Gasteiger partial charge in [-0.1, -0.05) is 24.3 Å². The number of nitriles is 1. The normalized spacial score (nSPS) is 12.3. The molecule has 0 saturated heterocycles. The number of aromatic nitrogens is 2. The number of anilines is 1. The van der Waals surface area contributed by atoms with Gasteiger partial charge in [0, 0.05) is 17.2 Å². The van der Waals surface area contributed by atoms with Crippen LogP contribution in [-0.2, 0) is 10.0 Å². The zero-order valence-electron chi connectivity index (χ0n) is 15.5. The van der Waals surface area contributed by atoms with Crippen LogP contribution in [0.3, 0.4) is 0 Å². The SMILES string of the molecule is C[C@@H](CC#N)NS(=O)(=O)c1ccccc1-c1ccc(-c2cnc(N)cn2)c(F)c1. The Morgan fingerprint density at radius 2 is 1.93 bits per heavy atom. The molecule has 29 heavy (non-hydrogen) atoms. The van der Waals surface area contributed by atoms with Crippen LogP contribution in [0, 0.1) is 17.1 Å². The van der Waals surface area contributed by atoms with E-state index in [0.29, 0.717) is 16.8 Å². The van der Waals surface area contributed by atoms with Gasteiger partial charge in [-0.25, -0.2) is 22.5 Å². The molecular weight excluding hydrogens is 393 g/mol. The number of nitrogens with one attached hydrogen (secondary N) is 1. The molecule has 1 atom stereocenters. The van der Waals surface area contributed by atoms with Gasteiger partial charge in [0.05, 0.1) is 35.5 Å². The van der Waals surface area contributed by atoms with E-state index in [-0.39, 0.29) is 22.7 Å². The highest BCUT2D eigenvalue weighted by atomic mass is 32.2. The first-order valence-corrected chi connectivity index (χ1v) is 10.2. The van der Waals surface area contributed by atoms with Crippen molar-refractivity contribution in [1.29, 1.82) is 5.26 Å². The second-order valence-corrected chi connectivity index (χ2v) is 8.08. The second-order valence-electron chi connectivity index (χ2n) is 6.40. The quantitative estimate of drug-likeness (QED) is 0.643. The maximum Gasteiger partial charge on any atom is 0.241 e. The zero-order valence-corrected chi connectivity index (χ0v) is 16.3. The van der Waals surface area contributed by atoms with Gasteiger partial charge < -0.3 is 5.73 Å². The Labute approximate surface area is 168 Å². The highest BCUT2D eigenvalue weighted by Gasteiger charge is 2.22. The van der Waals surface area contributed by atoms with Crippen molar-refractivity contribution in [1.82, 2.24) is 14.7 Å². The second kappa shape index (κ2) is 8.34. The van der Waals surface area contributed by atoms with Crippen LogP contribution in [0.5, 0.6) is 0 Å². The summed E-state index contributed by atoms with van der Waals surface area (Å²) in [4.78, 5) is 7.97. The molecule has 9 heteroatoms. The summed E-state index contributed by atoms with van der Waals surface area (Å²) in [5.74, 6) is -0.345. The molecular formula is C20H18FN5O2S. The predicted octanol–water partition coefficient (Wildman–Crippen LogP) is 3.11. The topological polar surface area (TPSA) is 122 Å². The summed E-state index contributed by atoms with van der Waals surface area (Å²) in [5, 5.41) is 8.76. The molecule has 0 amide bonds. The summed E-state index contributed by atoms with van der Waals surface area (Å²) in [6.07, 6.45) is 2.73. The van der Waals surface area contributed by atoms with Crippen LogP contribution in [0.1, 0.15) is 13.3 Å². The average Bonchev–Trinajstić information content (AvgIpc) is 2.68. The Hall–Kier alpha value is -3.35. The molecule has 0 radical (unpaired) electrons. The zero-order chi connectivity index (χ0) is 21.0. The maximum absolute atomic E-state index is 14.8. The van der Waals surface area contributed by atoms with E-state index in [1.807, 2.05) is 6.07 Å². The van der Waals surface area contributed by atoms with Crippen molar-refractivity contribution in [2.24, 2.45) is 0 Å². The lowest BCUT2D eigenvalue weighted by molar-refractivity contribution is 0.563. The molecule has 0 aliphatic carbocycles. The minimum absolute atomic E-state index is 0.00390. The summed E-state index contributed by atoms with van der Waals surface area (Å²) >= 11 is 0. The van der Waals surface area contributed by atoms with Crippen molar-refractivity contribution in [3.63, 3.8) is 0 Å². The van der Waals surface area contributed by atoms with Gasteiger partial charge in [-0.05, 0) is 30.7 Å². The van der Waals surface area contributed by atoms with Gasteiger partial charge in [0.15, 0.2) is 0 Å². The fraction of sp³-hybridized carbons (Fsp3) is 0.150. The molecule has 3 N–H and O–H groups in total. The number of halogens is 1. The van der Waals surface area contributed by atoms with Crippen LogP contribution in [-0.4, -0.2) is 24.4 Å². The van der Waals surface area contributed by atoms with E-state index in [4.69, 9.17) is 11.0 Å². The predicted molar refractivity (Wildman–Crippen MR) is 107 cm³/mol. The molecule has 3 rings (SSSR count). The monoisotopic (exact) mass is 411 g/mol. The van der Waals surface area contributed by atoms with E-state index in [2.05, 4.69) is 14.7 Å². The minimum atomic E-state index is -3.90. The smallest absolute Gasteiger partial charge is 0.241 e. The lowest BCUT2D eigenvalue weighted by Crippen LogP contribution is -2.32. The van der Waals surface area contributed by atoms with Crippen molar-refractivity contribution in [2.75, 3.05) is 5.73 Å². The molecule has 2 aromatic carbocycles. The number of hydrogen-bond donors (Lipinski definition) is 2. The Morgan fingerprint density at radius 3 is 2.59 bits per heavy atom. The van der Waals surface area contributed by atoms with E-state index < -0.39 is 21.9 Å². The Bertz CT molecular complexity index is 1170. The largest absolute Gasteiger partial charge is 0.382 e. The molecule has 3 aromatic rings. The van der Waals surface area contributed by atoms with Crippen molar-refractivity contribution in [3.05, 3.63) is 60.7 Å². The standard InChI is InChI=1S/C20H18FN5O2S/c1-13(8-9-22)26-29(27,28)19-5-3-2-4-15(19)14-6-7-16(17(21)10-14)18-11-25-20(23)12-24-18/h2-7,10-13,26H,8H2,1H3,(H2,23,25)/t13-/m0/s1. The van der Waals surface area contributed by atoms with Crippen molar-refractivity contribution < 1.29 is 12.8 Å². The summed E-state index contributed by atoms with van der Waals surface area (Å²) in [5.41, 5.74) is 6.78. The first-order valence-electron chi connectivity index (χ1n) is 8.68. The van der Waals surface area contributed by atoms with Gasteiger partial charge in [0.1, 0.15) is 11.6 Å². The molecule has 0 bridgehead atoms. The van der Waals surface area contributed by atoms with Crippen LogP contribution in [0.4, 0.5) is 10.2 Å². The third-order valence-electron chi connectivity index (χ3n) is 4.16. The van der Waals surface area contributed by atoms with E-state index in [1.54, 1.807) is 31.2 Å². The Kier molecular flexibility index (Phi) is 5.87. The molecule has 0 aliphatic rings. The van der Waals surface area contributed by atoms with Gasteiger partial charge in [-0.3, -0.25) is 4.98 Å². The van der Waals surface area contributed by atoms with Gasteiger partial charge in [0.25, 0.3) is 0 Å². The fourth-order valence-electron chi connectivity index (χ4n) is 2.81. The molecule has 7 nitrogen and oxygen atoms in total. The number of nitrogens with two attached hydrogens (primary N) is 1. The van der Waals surface area contributed by atoms with Crippen molar-refractivity contribution >= 4 is 15.8 Å². The number of nitrogens with zero attached hydrogens (tertiary/aromatic N) is 3. The molecule has 1 heterocycles.